The molecule has 0 unspecified atom stereocenters. The van der Waals surface area contributed by atoms with Crippen molar-refractivity contribution in [1.29, 1.82) is 5.26 Å². The third-order valence-corrected chi connectivity index (χ3v) is 4.74. The lowest BCUT2D eigenvalue weighted by Crippen LogP contribution is -2.29. The highest BCUT2D eigenvalue weighted by molar-refractivity contribution is 6.30. The van der Waals surface area contributed by atoms with Gasteiger partial charge in [-0.05, 0) is 36.2 Å². The first-order chi connectivity index (χ1) is 14.4. The first-order valence-corrected chi connectivity index (χ1v) is 9.84. The van der Waals surface area contributed by atoms with E-state index in [4.69, 9.17) is 16.9 Å². The van der Waals surface area contributed by atoms with Crippen LogP contribution in [0.3, 0.4) is 0 Å². The number of hydrogen-bond acceptors (Lipinski definition) is 4. The van der Waals surface area contributed by atoms with Gasteiger partial charge in [0.25, 0.3) is 5.91 Å². The molecule has 30 heavy (non-hydrogen) atoms. The Balaban J connectivity index is 1.69. The maximum absolute atomic E-state index is 13.6. The number of carbonyl (C=O) groups excluding carboxylic acids is 1. The topological polar surface area (TPSA) is 82.7 Å². The largest absolute Gasteiger partial charge is 0.382 e. The molecule has 6 nitrogen and oxygen atoms in total. The van der Waals surface area contributed by atoms with Crippen molar-refractivity contribution >= 4 is 23.2 Å². The number of nitrogens with zero attached hydrogens (tertiary/aromatic N) is 3. The van der Waals surface area contributed by atoms with E-state index < -0.39 is 5.82 Å². The second kappa shape index (κ2) is 9.42. The number of amides is 1. The first-order valence-electron chi connectivity index (χ1n) is 9.47. The monoisotopic (exact) mass is 425 g/mol. The molecule has 8 heteroatoms. The van der Waals surface area contributed by atoms with Crippen molar-refractivity contribution in [2.24, 2.45) is 0 Å². The Morgan fingerprint density at radius 1 is 1.27 bits per heavy atom. The van der Waals surface area contributed by atoms with Crippen LogP contribution in [0.5, 0.6) is 0 Å². The average molecular weight is 426 g/mol. The van der Waals surface area contributed by atoms with Crippen LogP contribution in [0.4, 0.5) is 10.1 Å². The molecular formula is C22H21ClFN5O. The van der Waals surface area contributed by atoms with Gasteiger partial charge in [0, 0.05) is 18.1 Å². The summed E-state index contributed by atoms with van der Waals surface area (Å²) < 4.78 is 15.4. The number of nitriles is 1. The molecular weight excluding hydrogens is 405 g/mol. The summed E-state index contributed by atoms with van der Waals surface area (Å²) in [6.45, 7) is 4.61. The fourth-order valence-corrected chi connectivity index (χ4v) is 3.34. The highest BCUT2D eigenvalue weighted by Crippen LogP contribution is 2.24. The van der Waals surface area contributed by atoms with E-state index >= 15 is 0 Å². The van der Waals surface area contributed by atoms with Crippen molar-refractivity contribution in [3.63, 3.8) is 0 Å². The smallest absolute Gasteiger partial charge is 0.254 e. The van der Waals surface area contributed by atoms with Crippen LogP contribution in [0, 0.1) is 17.1 Å². The van der Waals surface area contributed by atoms with Gasteiger partial charge in [0.15, 0.2) is 0 Å². The lowest BCUT2D eigenvalue weighted by Gasteiger charge is -2.13. The Morgan fingerprint density at radius 3 is 2.73 bits per heavy atom. The minimum absolute atomic E-state index is 0.0475. The van der Waals surface area contributed by atoms with Gasteiger partial charge in [0.05, 0.1) is 28.8 Å². The van der Waals surface area contributed by atoms with Crippen LogP contribution in [-0.4, -0.2) is 28.8 Å². The number of hydrogen-bond donors (Lipinski definition) is 2. The molecule has 0 bridgehead atoms. The number of aromatic nitrogens is 2. The van der Waals surface area contributed by atoms with E-state index in [-0.39, 0.29) is 17.4 Å². The molecule has 0 fully saturated rings. The van der Waals surface area contributed by atoms with Gasteiger partial charge < -0.3 is 10.6 Å². The van der Waals surface area contributed by atoms with Crippen LogP contribution in [0.1, 0.15) is 41.4 Å². The molecule has 3 rings (SSSR count). The molecule has 2 N–H and O–H groups in total. The molecule has 0 aliphatic carbocycles. The fraction of sp³-hybridized carbons (Fsp3) is 0.227. The van der Waals surface area contributed by atoms with Crippen LogP contribution in [0.2, 0.25) is 5.02 Å². The Bertz CT molecular complexity index is 1100. The molecule has 154 valence electrons. The summed E-state index contributed by atoms with van der Waals surface area (Å²) in [6, 6.07) is 13.5. The fourth-order valence-electron chi connectivity index (χ4n) is 3.16. The van der Waals surface area contributed by atoms with Gasteiger partial charge in [-0.15, -0.1) is 0 Å². The van der Waals surface area contributed by atoms with Gasteiger partial charge in [-0.3, -0.25) is 4.79 Å². The van der Waals surface area contributed by atoms with E-state index in [1.807, 2.05) is 32.0 Å². The van der Waals surface area contributed by atoms with Crippen LogP contribution in [0.25, 0.3) is 5.69 Å². The average Bonchev–Trinajstić information content (AvgIpc) is 3.17. The summed E-state index contributed by atoms with van der Waals surface area (Å²) in [5, 5.41) is 19.8. The normalized spacial score (nSPS) is 10.7. The maximum atomic E-state index is 13.6. The predicted molar refractivity (Wildman–Crippen MR) is 115 cm³/mol. The number of carbonyl (C=O) groups is 1. The molecule has 0 atom stereocenters. The summed E-state index contributed by atoms with van der Waals surface area (Å²) in [5.41, 5.74) is 2.38. The van der Waals surface area contributed by atoms with Gasteiger partial charge in [0.1, 0.15) is 17.4 Å². The molecule has 0 aliphatic rings. The van der Waals surface area contributed by atoms with Crippen molar-refractivity contribution in [1.82, 2.24) is 15.1 Å². The summed E-state index contributed by atoms with van der Waals surface area (Å²) in [5.74, 6) is -0.786. The lowest BCUT2D eigenvalue weighted by atomic mass is 10.1. The molecule has 1 heterocycles. The van der Waals surface area contributed by atoms with E-state index in [9.17, 15) is 9.18 Å². The standard InChI is InChI=1S/C22H21ClFN5O/c1-14(2)21-18(13-28-29(21)16-6-3-5-15(23)11-16)22(30)27-10-9-26-20-8-4-7-19(24)17(20)12-25/h3-8,11,13-14,26H,9-10H2,1-2H3,(H,27,30). The van der Waals surface area contributed by atoms with E-state index in [0.717, 1.165) is 11.4 Å². The van der Waals surface area contributed by atoms with Crippen LogP contribution < -0.4 is 10.6 Å². The minimum Gasteiger partial charge on any atom is -0.382 e. The van der Waals surface area contributed by atoms with Crippen molar-refractivity contribution in [3.05, 3.63) is 76.3 Å². The first kappa shape index (κ1) is 21.3. The maximum Gasteiger partial charge on any atom is 0.254 e. The molecule has 0 spiro atoms. The van der Waals surface area contributed by atoms with Crippen molar-refractivity contribution in [2.45, 2.75) is 19.8 Å². The zero-order valence-corrected chi connectivity index (χ0v) is 17.4. The molecule has 0 saturated carbocycles. The van der Waals surface area contributed by atoms with E-state index in [0.29, 0.717) is 29.4 Å². The molecule has 3 aromatic rings. The van der Waals surface area contributed by atoms with Crippen molar-refractivity contribution in [2.75, 3.05) is 18.4 Å². The molecule has 1 aromatic heterocycles. The summed E-state index contributed by atoms with van der Waals surface area (Å²) in [4.78, 5) is 12.7. The number of anilines is 1. The summed E-state index contributed by atoms with van der Waals surface area (Å²) in [7, 11) is 0. The van der Waals surface area contributed by atoms with Crippen LogP contribution in [-0.2, 0) is 0 Å². The SMILES string of the molecule is CC(C)c1c(C(=O)NCCNc2cccc(F)c2C#N)cnn1-c1cccc(Cl)c1. The Hall–Kier alpha value is -3.37. The molecule has 0 aliphatic heterocycles. The van der Waals surface area contributed by atoms with Crippen LogP contribution in [0.15, 0.2) is 48.7 Å². The highest BCUT2D eigenvalue weighted by Gasteiger charge is 2.20. The Kier molecular flexibility index (Phi) is 6.70. The van der Waals surface area contributed by atoms with E-state index in [2.05, 4.69) is 15.7 Å². The predicted octanol–water partition coefficient (Wildman–Crippen LogP) is 4.50. The number of rotatable bonds is 7. The number of nitrogens with one attached hydrogen (secondary N) is 2. The highest BCUT2D eigenvalue weighted by atomic mass is 35.5. The second-order valence-electron chi connectivity index (χ2n) is 6.95. The molecule has 0 saturated heterocycles. The Morgan fingerprint density at radius 2 is 2.03 bits per heavy atom. The molecule has 2 aromatic carbocycles. The lowest BCUT2D eigenvalue weighted by molar-refractivity contribution is 0.0954. The van der Waals surface area contributed by atoms with Gasteiger partial charge in [0.2, 0.25) is 0 Å². The zero-order valence-electron chi connectivity index (χ0n) is 16.6. The number of halogens is 2. The van der Waals surface area contributed by atoms with Crippen molar-refractivity contribution < 1.29 is 9.18 Å². The quantitative estimate of drug-likeness (QED) is 0.546. The van der Waals surface area contributed by atoms with Gasteiger partial charge in [-0.25, -0.2) is 9.07 Å². The molecule has 1 amide bonds. The number of benzene rings is 2. The van der Waals surface area contributed by atoms with Gasteiger partial charge in [-0.1, -0.05) is 37.6 Å². The van der Waals surface area contributed by atoms with Gasteiger partial charge in [-0.2, -0.15) is 10.4 Å². The van der Waals surface area contributed by atoms with Crippen LogP contribution >= 0.6 is 11.6 Å². The zero-order chi connectivity index (χ0) is 21.7. The van der Waals surface area contributed by atoms with E-state index in [1.54, 1.807) is 29.1 Å². The third-order valence-electron chi connectivity index (χ3n) is 4.50. The van der Waals surface area contributed by atoms with E-state index in [1.165, 1.54) is 12.1 Å². The summed E-state index contributed by atoms with van der Waals surface area (Å²) in [6.07, 6.45) is 1.54. The minimum atomic E-state index is -0.582. The van der Waals surface area contributed by atoms with Gasteiger partial charge >= 0.3 is 0 Å². The Labute approximate surface area is 179 Å². The summed E-state index contributed by atoms with van der Waals surface area (Å²) >= 11 is 6.09. The second-order valence-corrected chi connectivity index (χ2v) is 7.38. The molecule has 0 radical (unpaired) electrons. The third kappa shape index (κ3) is 4.61. The van der Waals surface area contributed by atoms with Crippen molar-refractivity contribution in [3.8, 4) is 11.8 Å².